The fraction of sp³-hybridized carbons (Fsp3) is 0.571. The highest BCUT2D eigenvalue weighted by Crippen LogP contribution is 2.62. The maximum atomic E-state index is 14.7. The number of ether oxygens (including phenoxy) is 1. The van der Waals surface area contributed by atoms with Gasteiger partial charge in [0, 0.05) is 23.6 Å². The fourth-order valence-corrected chi connectivity index (χ4v) is 8.61. The summed E-state index contributed by atoms with van der Waals surface area (Å²) in [6.07, 6.45) is 9.44. The largest absolute Gasteiger partial charge is 0.494 e. The van der Waals surface area contributed by atoms with Crippen molar-refractivity contribution in [3.8, 4) is 16.9 Å². The van der Waals surface area contributed by atoms with Crippen molar-refractivity contribution >= 4 is 11.6 Å². The molecule has 1 heterocycles. The molecule has 0 aliphatic heterocycles. The molecule has 1 aromatic heterocycles. The first kappa shape index (κ1) is 26.4. The molecule has 0 N–H and O–H groups in total. The topological polar surface area (TPSA) is 68.5 Å². The van der Waals surface area contributed by atoms with Crippen molar-refractivity contribution < 1.29 is 18.4 Å². The van der Waals surface area contributed by atoms with Gasteiger partial charge in [0.1, 0.15) is 11.9 Å². The van der Waals surface area contributed by atoms with Crippen molar-refractivity contribution in [2.45, 2.75) is 95.1 Å². The van der Waals surface area contributed by atoms with Crippen LogP contribution in [0.3, 0.4) is 0 Å². The normalized spacial score (nSPS) is 32.9. The Kier molecular flexibility index (Phi) is 6.07. The lowest BCUT2D eigenvalue weighted by molar-refractivity contribution is -0.132. The first-order valence-corrected chi connectivity index (χ1v) is 16.0. The van der Waals surface area contributed by atoms with Gasteiger partial charge >= 0.3 is 0 Å². The quantitative estimate of drug-likeness (QED) is 0.263. The lowest BCUT2D eigenvalue weighted by atomic mass is 9.53. The van der Waals surface area contributed by atoms with Crippen LogP contribution in [0.15, 0.2) is 53.1 Å². The molecule has 7 aliphatic rings. The minimum absolute atomic E-state index is 0.0168. The van der Waals surface area contributed by atoms with Crippen LogP contribution in [0.25, 0.3) is 11.1 Å². The van der Waals surface area contributed by atoms with Gasteiger partial charge in [-0.25, -0.2) is 4.39 Å². The molecule has 1 amide bonds. The summed E-state index contributed by atoms with van der Waals surface area (Å²) in [6.45, 7) is 3.30. The monoisotopic (exact) mass is 569 g/mol. The van der Waals surface area contributed by atoms with Gasteiger partial charge in [-0.3, -0.25) is 4.79 Å². The molecule has 0 spiro atoms. The molecule has 7 aliphatic carbocycles. The van der Waals surface area contributed by atoms with E-state index >= 15 is 0 Å². The zero-order valence-electron chi connectivity index (χ0n) is 24.5. The molecule has 4 bridgehead atoms. The summed E-state index contributed by atoms with van der Waals surface area (Å²) in [4.78, 5) is 21.4. The van der Waals surface area contributed by atoms with Gasteiger partial charge in [-0.15, -0.1) is 0 Å². The Labute approximate surface area is 247 Å². The Morgan fingerprint density at radius 2 is 1.74 bits per heavy atom. The van der Waals surface area contributed by atoms with Crippen molar-refractivity contribution in [1.29, 1.82) is 0 Å². The average molecular weight is 570 g/mol. The van der Waals surface area contributed by atoms with E-state index in [0.29, 0.717) is 38.3 Å². The third kappa shape index (κ3) is 4.29. The van der Waals surface area contributed by atoms with E-state index in [1.807, 2.05) is 25.1 Å². The number of amides is 1. The summed E-state index contributed by atoms with van der Waals surface area (Å²) in [5.74, 6) is 3.27. The average Bonchev–Trinajstić information content (AvgIpc) is 3.49. The summed E-state index contributed by atoms with van der Waals surface area (Å²) in [7, 11) is 0. The number of carbonyl (C=O) groups is 1. The highest BCUT2D eigenvalue weighted by Gasteiger charge is 2.62. The summed E-state index contributed by atoms with van der Waals surface area (Å²) >= 11 is 0. The van der Waals surface area contributed by atoms with Crippen LogP contribution >= 0.6 is 0 Å². The van der Waals surface area contributed by atoms with Crippen molar-refractivity contribution in [2.24, 2.45) is 16.7 Å². The molecule has 3 aromatic rings. The number of rotatable bonds is 9. The van der Waals surface area contributed by atoms with Crippen molar-refractivity contribution in [3.05, 3.63) is 60.2 Å². The molecule has 7 fully saturated rings. The molecule has 0 saturated heterocycles. The molecule has 10 rings (SSSR count). The molecule has 6 nitrogen and oxygen atoms in total. The number of anilines is 1. The number of carbonyl (C=O) groups excluding carboxylic acids is 1. The summed E-state index contributed by atoms with van der Waals surface area (Å²) in [6, 6.07) is 16.5. The zero-order chi connectivity index (χ0) is 28.5. The standard InChI is InChI=1S/C35H40FN3O3/c1-2-41-28-10-8-23(9-11-28)25-4-3-5-27(18-25)39(32(40)35-19-26(20-35)29(36)21-35)22-33-12-15-34(16-13-33,17-14-33)31-37-30(38-42-31)24-6-7-24/h3-5,8-11,18,24,26,29H,2,6-7,12-17,19-22H2,1H3. The van der Waals surface area contributed by atoms with E-state index in [1.54, 1.807) is 0 Å². The molecule has 0 radical (unpaired) electrons. The number of hydrogen-bond donors (Lipinski definition) is 0. The molecule has 7 saturated carbocycles. The number of aromatic nitrogens is 2. The number of halogens is 1. The number of benzene rings is 2. The summed E-state index contributed by atoms with van der Waals surface area (Å²) in [5, 5.41) is 4.33. The van der Waals surface area contributed by atoms with E-state index in [9.17, 15) is 9.18 Å². The second-order valence-electron chi connectivity index (χ2n) is 14.1. The van der Waals surface area contributed by atoms with Crippen LogP contribution in [0.1, 0.15) is 95.2 Å². The number of nitrogens with zero attached hydrogens (tertiary/aromatic N) is 3. The number of fused-ring (bicyclic) bond motifs is 4. The third-order valence-corrected chi connectivity index (χ3v) is 11.5. The van der Waals surface area contributed by atoms with Crippen LogP contribution in [0, 0.1) is 16.7 Å². The summed E-state index contributed by atoms with van der Waals surface area (Å²) in [5.41, 5.74) is 2.58. The molecule has 42 heavy (non-hydrogen) atoms. The van der Waals surface area contributed by atoms with Crippen molar-refractivity contribution in [3.63, 3.8) is 0 Å². The first-order chi connectivity index (χ1) is 20.4. The van der Waals surface area contributed by atoms with Crippen LogP contribution in [0.2, 0.25) is 0 Å². The maximum Gasteiger partial charge on any atom is 0.233 e. The SMILES string of the molecule is CCOc1ccc(-c2cccc(N(CC34CCC(c5nc(C6CC6)no5)(CC3)CC4)C(=O)C34CC(F)C(C3)C4)c2)cc1. The van der Waals surface area contributed by atoms with E-state index in [-0.39, 0.29) is 22.7 Å². The Morgan fingerprint density at radius 3 is 2.38 bits per heavy atom. The smallest absolute Gasteiger partial charge is 0.233 e. The van der Waals surface area contributed by atoms with Gasteiger partial charge < -0.3 is 14.2 Å². The Bertz CT molecular complexity index is 1460. The lowest BCUT2D eigenvalue weighted by Crippen LogP contribution is -2.54. The highest BCUT2D eigenvalue weighted by atomic mass is 19.1. The van der Waals surface area contributed by atoms with Gasteiger partial charge in [-0.1, -0.05) is 29.4 Å². The second kappa shape index (κ2) is 9.65. The number of hydrogen-bond acceptors (Lipinski definition) is 5. The zero-order valence-corrected chi connectivity index (χ0v) is 24.5. The van der Waals surface area contributed by atoms with E-state index < -0.39 is 11.6 Å². The van der Waals surface area contributed by atoms with Gasteiger partial charge in [-0.2, -0.15) is 4.98 Å². The van der Waals surface area contributed by atoms with Crippen LogP contribution in [0.4, 0.5) is 10.1 Å². The highest BCUT2D eigenvalue weighted by molar-refractivity contribution is 5.99. The van der Waals surface area contributed by atoms with Gasteiger partial charge in [0.25, 0.3) is 0 Å². The van der Waals surface area contributed by atoms with Crippen LogP contribution < -0.4 is 9.64 Å². The van der Waals surface area contributed by atoms with Gasteiger partial charge in [0.05, 0.1) is 12.0 Å². The summed E-state index contributed by atoms with van der Waals surface area (Å²) < 4.78 is 26.2. The van der Waals surface area contributed by atoms with Crippen LogP contribution in [0.5, 0.6) is 5.75 Å². The Hall–Kier alpha value is -3.22. The minimum Gasteiger partial charge on any atom is -0.494 e. The molecule has 1 atom stereocenters. The predicted molar refractivity (Wildman–Crippen MR) is 158 cm³/mol. The van der Waals surface area contributed by atoms with Crippen LogP contribution in [-0.2, 0) is 10.2 Å². The Balaban J connectivity index is 1.07. The fourth-order valence-electron chi connectivity index (χ4n) is 8.61. The van der Waals surface area contributed by atoms with E-state index in [0.717, 1.165) is 72.8 Å². The van der Waals surface area contributed by atoms with Gasteiger partial charge in [-0.05, 0) is 124 Å². The molecular weight excluding hydrogens is 529 g/mol. The molecule has 2 aromatic carbocycles. The lowest BCUT2D eigenvalue weighted by Gasteiger charge is -2.54. The molecule has 1 unspecified atom stereocenters. The number of alkyl halides is 1. The second-order valence-corrected chi connectivity index (χ2v) is 14.1. The third-order valence-electron chi connectivity index (χ3n) is 11.5. The molecule has 220 valence electrons. The van der Waals surface area contributed by atoms with E-state index in [4.69, 9.17) is 14.2 Å². The Morgan fingerprint density at radius 1 is 1.00 bits per heavy atom. The minimum atomic E-state index is -0.843. The van der Waals surface area contributed by atoms with E-state index in [2.05, 4.69) is 40.4 Å². The predicted octanol–water partition coefficient (Wildman–Crippen LogP) is 7.78. The molecular formula is C35H40FN3O3. The van der Waals surface area contributed by atoms with Gasteiger partial charge in [0.15, 0.2) is 5.82 Å². The van der Waals surface area contributed by atoms with Crippen LogP contribution in [-0.4, -0.2) is 35.4 Å². The van der Waals surface area contributed by atoms with Crippen molar-refractivity contribution in [2.75, 3.05) is 18.1 Å². The van der Waals surface area contributed by atoms with Crippen molar-refractivity contribution in [1.82, 2.24) is 10.1 Å². The first-order valence-electron chi connectivity index (χ1n) is 16.0. The maximum absolute atomic E-state index is 14.7. The van der Waals surface area contributed by atoms with Gasteiger partial charge in [0.2, 0.25) is 11.8 Å². The molecule has 7 heteroatoms. The van der Waals surface area contributed by atoms with E-state index in [1.165, 1.54) is 12.8 Å².